The highest BCUT2D eigenvalue weighted by atomic mass is 32.1. The number of hydrogen-bond acceptors (Lipinski definition) is 3. The predicted molar refractivity (Wildman–Crippen MR) is 104 cm³/mol. The van der Waals surface area contributed by atoms with Gasteiger partial charge in [0.15, 0.2) is 5.96 Å². The first kappa shape index (κ1) is 20.0. The molecule has 0 aliphatic carbocycles. The summed E-state index contributed by atoms with van der Waals surface area (Å²) in [7, 11) is 0. The fourth-order valence-electron chi connectivity index (χ4n) is 2.44. The second kappa shape index (κ2) is 12.4. The molecule has 1 unspecified atom stereocenters. The van der Waals surface area contributed by atoms with E-state index in [1.54, 1.807) is 11.3 Å². The minimum absolute atomic E-state index is 0.472. The van der Waals surface area contributed by atoms with Gasteiger partial charge in [-0.1, -0.05) is 20.8 Å². The van der Waals surface area contributed by atoms with Crippen molar-refractivity contribution in [2.75, 3.05) is 39.3 Å². The van der Waals surface area contributed by atoms with Crippen molar-refractivity contribution >= 4 is 17.3 Å². The lowest BCUT2D eigenvalue weighted by Crippen LogP contribution is -2.38. The largest absolute Gasteiger partial charge is 0.357 e. The lowest BCUT2D eigenvalue weighted by atomic mass is 10.1. The highest BCUT2D eigenvalue weighted by molar-refractivity contribution is 7.07. The summed E-state index contributed by atoms with van der Waals surface area (Å²) in [6, 6.07) is 2.19. The number of hydrogen-bond donors (Lipinski definition) is 2. The second-order valence-corrected chi connectivity index (χ2v) is 6.62. The quantitative estimate of drug-likeness (QED) is 0.368. The van der Waals surface area contributed by atoms with Crippen molar-refractivity contribution in [3.8, 4) is 0 Å². The average molecular weight is 339 g/mol. The average Bonchev–Trinajstić information content (AvgIpc) is 3.10. The third-order valence-corrected chi connectivity index (χ3v) is 4.77. The first-order valence-electron chi connectivity index (χ1n) is 8.97. The van der Waals surface area contributed by atoms with Crippen molar-refractivity contribution < 1.29 is 0 Å². The Hall–Kier alpha value is -1.07. The van der Waals surface area contributed by atoms with E-state index < -0.39 is 0 Å². The van der Waals surface area contributed by atoms with Gasteiger partial charge in [0.1, 0.15) is 0 Å². The van der Waals surface area contributed by atoms with E-state index in [2.05, 4.69) is 60.1 Å². The van der Waals surface area contributed by atoms with Crippen LogP contribution in [0.3, 0.4) is 0 Å². The number of thiophene rings is 1. The summed E-state index contributed by atoms with van der Waals surface area (Å²) in [6.45, 7) is 15.0. The zero-order chi connectivity index (χ0) is 16.9. The normalized spacial score (nSPS) is 13.3. The van der Waals surface area contributed by atoms with Crippen LogP contribution in [0.25, 0.3) is 0 Å². The van der Waals surface area contributed by atoms with Crippen molar-refractivity contribution in [1.29, 1.82) is 0 Å². The molecule has 2 N–H and O–H groups in total. The SMILES string of the molecule is CCNC(=NCC(C)c1ccsc1)NCCCCN(CC)CC. The van der Waals surface area contributed by atoms with Crippen LogP contribution in [0.5, 0.6) is 0 Å². The molecule has 0 radical (unpaired) electrons. The van der Waals surface area contributed by atoms with Crippen LogP contribution in [-0.4, -0.2) is 50.1 Å². The minimum Gasteiger partial charge on any atom is -0.357 e. The molecule has 5 heteroatoms. The van der Waals surface area contributed by atoms with Crippen molar-refractivity contribution in [2.45, 2.75) is 46.5 Å². The van der Waals surface area contributed by atoms with Gasteiger partial charge in [-0.3, -0.25) is 4.99 Å². The second-order valence-electron chi connectivity index (χ2n) is 5.84. The molecule has 0 aliphatic rings. The fraction of sp³-hybridized carbons (Fsp3) is 0.722. The van der Waals surface area contributed by atoms with E-state index in [0.29, 0.717) is 5.92 Å². The van der Waals surface area contributed by atoms with E-state index in [1.807, 2.05) is 0 Å². The Morgan fingerprint density at radius 3 is 2.61 bits per heavy atom. The molecule has 1 atom stereocenters. The summed E-state index contributed by atoms with van der Waals surface area (Å²) in [5.74, 6) is 1.41. The highest BCUT2D eigenvalue weighted by Crippen LogP contribution is 2.18. The minimum atomic E-state index is 0.472. The number of rotatable bonds is 11. The maximum absolute atomic E-state index is 4.72. The molecule has 0 amide bonds. The molecule has 1 rings (SSSR count). The van der Waals surface area contributed by atoms with Gasteiger partial charge >= 0.3 is 0 Å². The van der Waals surface area contributed by atoms with Crippen molar-refractivity contribution in [2.24, 2.45) is 4.99 Å². The van der Waals surface area contributed by atoms with Gasteiger partial charge in [0.2, 0.25) is 0 Å². The molecule has 0 saturated heterocycles. The summed E-state index contributed by atoms with van der Waals surface area (Å²) in [4.78, 5) is 7.20. The van der Waals surface area contributed by atoms with Gasteiger partial charge in [-0.15, -0.1) is 0 Å². The van der Waals surface area contributed by atoms with Gasteiger partial charge in [-0.25, -0.2) is 0 Å². The number of unbranched alkanes of at least 4 members (excludes halogenated alkanes) is 1. The number of guanidine groups is 1. The third-order valence-electron chi connectivity index (χ3n) is 4.07. The first-order chi connectivity index (χ1) is 11.2. The Labute approximate surface area is 146 Å². The monoisotopic (exact) mass is 338 g/mol. The maximum atomic E-state index is 4.72. The van der Waals surface area contributed by atoms with E-state index in [-0.39, 0.29) is 0 Å². The predicted octanol–water partition coefficient (Wildman–Crippen LogP) is 3.53. The van der Waals surface area contributed by atoms with E-state index >= 15 is 0 Å². The van der Waals surface area contributed by atoms with E-state index in [1.165, 1.54) is 24.9 Å². The van der Waals surface area contributed by atoms with Gasteiger partial charge in [0, 0.05) is 25.6 Å². The highest BCUT2D eigenvalue weighted by Gasteiger charge is 2.06. The molecule has 1 aromatic heterocycles. The zero-order valence-corrected chi connectivity index (χ0v) is 16.1. The molecular weight excluding hydrogens is 304 g/mol. The summed E-state index contributed by atoms with van der Waals surface area (Å²) < 4.78 is 0. The number of nitrogens with zero attached hydrogens (tertiary/aromatic N) is 2. The lowest BCUT2D eigenvalue weighted by Gasteiger charge is -2.18. The summed E-state index contributed by atoms with van der Waals surface area (Å²) >= 11 is 1.75. The first-order valence-corrected chi connectivity index (χ1v) is 9.92. The van der Waals surface area contributed by atoms with Crippen LogP contribution in [0.1, 0.15) is 52.0 Å². The van der Waals surface area contributed by atoms with Gasteiger partial charge in [0.05, 0.1) is 0 Å². The van der Waals surface area contributed by atoms with Gasteiger partial charge in [-0.2, -0.15) is 11.3 Å². The Balaban J connectivity index is 2.29. The molecule has 132 valence electrons. The van der Waals surface area contributed by atoms with Crippen LogP contribution in [0.15, 0.2) is 21.8 Å². The van der Waals surface area contributed by atoms with Crippen molar-refractivity contribution in [3.63, 3.8) is 0 Å². The molecule has 0 aromatic carbocycles. The van der Waals surface area contributed by atoms with Crippen LogP contribution < -0.4 is 10.6 Å². The standard InChI is InChI=1S/C18H34N4S/c1-5-19-18(20-11-8-9-12-22(6-2)7-3)21-14-16(4)17-10-13-23-15-17/h10,13,15-16H,5-9,11-12,14H2,1-4H3,(H2,19,20,21). The molecule has 1 aromatic rings. The van der Waals surface area contributed by atoms with Crippen molar-refractivity contribution in [3.05, 3.63) is 22.4 Å². The molecule has 23 heavy (non-hydrogen) atoms. The van der Waals surface area contributed by atoms with Crippen molar-refractivity contribution in [1.82, 2.24) is 15.5 Å². The molecule has 1 heterocycles. The molecule has 0 saturated carbocycles. The molecule has 4 nitrogen and oxygen atoms in total. The van der Waals surface area contributed by atoms with E-state index in [9.17, 15) is 0 Å². The van der Waals surface area contributed by atoms with E-state index in [4.69, 9.17) is 4.99 Å². The topological polar surface area (TPSA) is 39.7 Å². The van der Waals surface area contributed by atoms with Crippen LogP contribution >= 0.6 is 11.3 Å². The summed E-state index contributed by atoms with van der Waals surface area (Å²) in [5, 5.41) is 11.1. The van der Waals surface area contributed by atoms with Gasteiger partial charge < -0.3 is 15.5 Å². The van der Waals surface area contributed by atoms with E-state index in [0.717, 1.165) is 38.7 Å². The Kier molecular flexibility index (Phi) is 10.7. The Morgan fingerprint density at radius 2 is 2.00 bits per heavy atom. The molecular formula is C18H34N4S. The number of aliphatic imine (C=N–C) groups is 1. The smallest absolute Gasteiger partial charge is 0.191 e. The van der Waals surface area contributed by atoms with Gasteiger partial charge in [0.25, 0.3) is 0 Å². The van der Waals surface area contributed by atoms with Gasteiger partial charge in [-0.05, 0) is 61.8 Å². The Bertz CT molecular complexity index is 413. The summed E-state index contributed by atoms with van der Waals surface area (Å²) in [5.41, 5.74) is 1.38. The fourth-order valence-corrected chi connectivity index (χ4v) is 3.22. The summed E-state index contributed by atoms with van der Waals surface area (Å²) in [6.07, 6.45) is 2.42. The molecule has 0 aliphatic heterocycles. The van der Waals surface area contributed by atoms with Crippen LogP contribution in [-0.2, 0) is 0 Å². The lowest BCUT2D eigenvalue weighted by molar-refractivity contribution is 0.297. The third kappa shape index (κ3) is 8.37. The Morgan fingerprint density at radius 1 is 1.22 bits per heavy atom. The zero-order valence-electron chi connectivity index (χ0n) is 15.3. The number of nitrogens with one attached hydrogen (secondary N) is 2. The maximum Gasteiger partial charge on any atom is 0.191 e. The molecule has 0 fully saturated rings. The van der Waals surface area contributed by atoms with Crippen LogP contribution in [0, 0.1) is 0 Å². The molecule has 0 bridgehead atoms. The van der Waals surface area contributed by atoms with Crippen LogP contribution in [0.2, 0.25) is 0 Å². The molecule has 0 spiro atoms. The van der Waals surface area contributed by atoms with Crippen LogP contribution in [0.4, 0.5) is 0 Å².